The first-order valence-electron chi connectivity index (χ1n) is 6.56. The van der Waals surface area contributed by atoms with E-state index in [9.17, 15) is 8.42 Å². The molecule has 0 saturated carbocycles. The van der Waals surface area contributed by atoms with Gasteiger partial charge in [-0.3, -0.25) is 0 Å². The molecular weight excluding hydrogens is 298 g/mol. The molecule has 1 aliphatic heterocycles. The van der Waals surface area contributed by atoms with Crippen molar-refractivity contribution >= 4 is 21.6 Å². The molecule has 1 atom stereocenters. The normalized spacial score (nSPS) is 20.4. The zero-order chi connectivity index (χ0) is 14.8. The van der Waals surface area contributed by atoms with Gasteiger partial charge in [0.1, 0.15) is 0 Å². The number of nitrogens with one attached hydrogen (secondary N) is 2. The Balaban J connectivity index is 2.15. The third-order valence-electron chi connectivity index (χ3n) is 3.42. The number of hydrogen-bond donors (Lipinski definition) is 2. The molecule has 1 fully saturated rings. The summed E-state index contributed by atoms with van der Waals surface area (Å²) >= 11 is 6.11. The second-order valence-electron chi connectivity index (χ2n) is 5.15. The van der Waals surface area contributed by atoms with Gasteiger partial charge in [-0.2, -0.15) is 0 Å². The van der Waals surface area contributed by atoms with Gasteiger partial charge < -0.3 is 10.2 Å². The van der Waals surface area contributed by atoms with Crippen LogP contribution in [0.1, 0.15) is 12.0 Å². The van der Waals surface area contributed by atoms with Crippen molar-refractivity contribution in [2.75, 3.05) is 27.2 Å². The van der Waals surface area contributed by atoms with Crippen LogP contribution in [0.3, 0.4) is 0 Å². The van der Waals surface area contributed by atoms with E-state index in [2.05, 4.69) is 14.9 Å². The number of rotatable bonds is 5. The molecule has 5 nitrogen and oxygen atoms in total. The lowest BCUT2D eigenvalue weighted by molar-refractivity contribution is 0.407. The van der Waals surface area contributed by atoms with Gasteiger partial charge in [0.25, 0.3) is 0 Å². The highest BCUT2D eigenvalue weighted by Gasteiger charge is 2.25. The summed E-state index contributed by atoms with van der Waals surface area (Å²) in [5, 5.41) is 3.46. The van der Waals surface area contributed by atoms with Crippen molar-refractivity contribution in [3.05, 3.63) is 28.8 Å². The molecule has 0 spiro atoms. The standard InChI is InChI=1S/C13H20ClN3O2S/c1-15-8-10-3-4-12(7-13(10)14)20(18,19)16-11-5-6-17(2)9-11/h3-4,7,11,15-16H,5-6,8-9H2,1-2H3. The number of sulfonamides is 1. The number of likely N-dealkylation sites (N-methyl/N-ethyl adjacent to an activating group) is 1. The first-order valence-corrected chi connectivity index (χ1v) is 8.42. The Morgan fingerprint density at radius 3 is 2.75 bits per heavy atom. The van der Waals surface area contributed by atoms with Crippen LogP contribution in [0.5, 0.6) is 0 Å². The van der Waals surface area contributed by atoms with Crippen LogP contribution in [0.15, 0.2) is 23.1 Å². The Morgan fingerprint density at radius 1 is 1.45 bits per heavy atom. The maximum atomic E-state index is 12.3. The molecule has 0 aromatic heterocycles. The number of hydrogen-bond acceptors (Lipinski definition) is 4. The number of nitrogens with zero attached hydrogens (tertiary/aromatic N) is 1. The van der Waals surface area contributed by atoms with Crippen molar-refractivity contribution in [3.8, 4) is 0 Å². The van der Waals surface area contributed by atoms with Crippen molar-refractivity contribution in [1.29, 1.82) is 0 Å². The average Bonchev–Trinajstić information content (AvgIpc) is 2.76. The van der Waals surface area contributed by atoms with E-state index >= 15 is 0 Å². The van der Waals surface area contributed by atoms with E-state index < -0.39 is 10.0 Å². The van der Waals surface area contributed by atoms with E-state index in [4.69, 9.17) is 11.6 Å². The Labute approximate surface area is 125 Å². The minimum atomic E-state index is -3.50. The Morgan fingerprint density at radius 2 is 2.20 bits per heavy atom. The fourth-order valence-electron chi connectivity index (χ4n) is 2.35. The van der Waals surface area contributed by atoms with Gasteiger partial charge in [-0.15, -0.1) is 0 Å². The van der Waals surface area contributed by atoms with Gasteiger partial charge >= 0.3 is 0 Å². The van der Waals surface area contributed by atoms with Crippen LogP contribution in [0.4, 0.5) is 0 Å². The third-order valence-corrected chi connectivity index (χ3v) is 5.29. The smallest absolute Gasteiger partial charge is 0.240 e. The van der Waals surface area contributed by atoms with Gasteiger partial charge in [-0.1, -0.05) is 17.7 Å². The van der Waals surface area contributed by atoms with Crippen LogP contribution < -0.4 is 10.0 Å². The number of halogens is 1. The molecule has 1 saturated heterocycles. The lowest BCUT2D eigenvalue weighted by Gasteiger charge is -2.14. The lowest BCUT2D eigenvalue weighted by Crippen LogP contribution is -2.36. The fraction of sp³-hybridized carbons (Fsp3) is 0.538. The van der Waals surface area contributed by atoms with E-state index in [1.165, 1.54) is 6.07 Å². The van der Waals surface area contributed by atoms with Crippen molar-refractivity contribution in [2.45, 2.75) is 23.9 Å². The molecule has 1 aromatic rings. The summed E-state index contributed by atoms with van der Waals surface area (Å²) < 4.78 is 27.4. The van der Waals surface area contributed by atoms with Gasteiger partial charge in [0.15, 0.2) is 0 Å². The highest BCUT2D eigenvalue weighted by Crippen LogP contribution is 2.21. The molecule has 0 aliphatic carbocycles. The lowest BCUT2D eigenvalue weighted by atomic mass is 10.2. The molecule has 1 unspecified atom stereocenters. The molecular formula is C13H20ClN3O2S. The monoisotopic (exact) mass is 317 g/mol. The minimum Gasteiger partial charge on any atom is -0.316 e. The minimum absolute atomic E-state index is 0.0271. The van der Waals surface area contributed by atoms with E-state index in [0.29, 0.717) is 11.6 Å². The van der Waals surface area contributed by atoms with E-state index in [0.717, 1.165) is 25.1 Å². The molecule has 7 heteroatoms. The van der Waals surface area contributed by atoms with E-state index in [-0.39, 0.29) is 10.9 Å². The molecule has 2 N–H and O–H groups in total. The number of likely N-dealkylation sites (tertiary alicyclic amines) is 1. The molecule has 1 aromatic carbocycles. The van der Waals surface area contributed by atoms with Crippen LogP contribution in [0, 0.1) is 0 Å². The molecule has 1 heterocycles. The van der Waals surface area contributed by atoms with Crippen LogP contribution >= 0.6 is 11.6 Å². The maximum absolute atomic E-state index is 12.3. The average molecular weight is 318 g/mol. The van der Waals surface area contributed by atoms with Crippen LogP contribution in [-0.2, 0) is 16.6 Å². The molecule has 1 aliphatic rings. The van der Waals surface area contributed by atoms with Gasteiger partial charge in [-0.25, -0.2) is 13.1 Å². The fourth-order valence-corrected chi connectivity index (χ4v) is 3.95. The van der Waals surface area contributed by atoms with Gasteiger partial charge in [0, 0.05) is 24.2 Å². The van der Waals surface area contributed by atoms with Crippen molar-refractivity contribution in [1.82, 2.24) is 14.9 Å². The summed E-state index contributed by atoms with van der Waals surface area (Å²) in [6, 6.07) is 4.82. The summed E-state index contributed by atoms with van der Waals surface area (Å²) in [5.41, 5.74) is 0.883. The van der Waals surface area contributed by atoms with Crippen LogP contribution in [0.25, 0.3) is 0 Å². The SMILES string of the molecule is CNCc1ccc(S(=O)(=O)NC2CCN(C)C2)cc1Cl. The Kier molecular flexibility index (Phi) is 5.04. The van der Waals surface area contributed by atoms with E-state index in [1.54, 1.807) is 12.1 Å². The first-order chi connectivity index (χ1) is 9.42. The first kappa shape index (κ1) is 15.7. The largest absolute Gasteiger partial charge is 0.316 e. The molecule has 2 rings (SSSR count). The third kappa shape index (κ3) is 3.71. The maximum Gasteiger partial charge on any atom is 0.240 e. The summed E-state index contributed by atoms with van der Waals surface area (Å²) in [6.45, 7) is 2.26. The summed E-state index contributed by atoms with van der Waals surface area (Å²) in [7, 11) is 0.300. The van der Waals surface area contributed by atoms with E-state index in [1.807, 2.05) is 14.1 Å². The van der Waals surface area contributed by atoms with Crippen LogP contribution in [-0.4, -0.2) is 46.5 Å². The van der Waals surface area contributed by atoms with Gasteiger partial charge in [0.2, 0.25) is 10.0 Å². The molecule has 20 heavy (non-hydrogen) atoms. The topological polar surface area (TPSA) is 61.4 Å². The summed E-state index contributed by atoms with van der Waals surface area (Å²) in [4.78, 5) is 2.33. The predicted molar refractivity (Wildman–Crippen MR) is 80.4 cm³/mol. The van der Waals surface area contributed by atoms with Crippen molar-refractivity contribution in [2.24, 2.45) is 0 Å². The Bertz CT molecular complexity index is 577. The highest BCUT2D eigenvalue weighted by atomic mass is 35.5. The Hall–Kier alpha value is -0.660. The van der Waals surface area contributed by atoms with Crippen molar-refractivity contribution < 1.29 is 8.42 Å². The second kappa shape index (κ2) is 6.41. The summed E-state index contributed by atoms with van der Waals surface area (Å²) in [5.74, 6) is 0. The molecule has 112 valence electrons. The summed E-state index contributed by atoms with van der Waals surface area (Å²) in [6.07, 6.45) is 0.835. The highest BCUT2D eigenvalue weighted by molar-refractivity contribution is 7.89. The zero-order valence-electron chi connectivity index (χ0n) is 11.7. The molecule has 0 radical (unpaired) electrons. The second-order valence-corrected chi connectivity index (χ2v) is 7.27. The van der Waals surface area contributed by atoms with Crippen molar-refractivity contribution in [3.63, 3.8) is 0 Å². The number of benzene rings is 1. The van der Waals surface area contributed by atoms with Gasteiger partial charge in [-0.05, 0) is 44.8 Å². The van der Waals surface area contributed by atoms with Gasteiger partial charge in [0.05, 0.1) is 4.90 Å². The zero-order valence-corrected chi connectivity index (χ0v) is 13.3. The van der Waals surface area contributed by atoms with Crippen LogP contribution in [0.2, 0.25) is 5.02 Å². The predicted octanol–water partition coefficient (Wildman–Crippen LogP) is 1.04. The molecule has 0 amide bonds. The molecule has 0 bridgehead atoms. The quantitative estimate of drug-likeness (QED) is 0.852.